The summed E-state index contributed by atoms with van der Waals surface area (Å²) in [5.74, 6) is -0.270. The van der Waals surface area contributed by atoms with Crippen molar-refractivity contribution < 1.29 is 13.9 Å². The van der Waals surface area contributed by atoms with Crippen molar-refractivity contribution in [2.75, 3.05) is 7.05 Å². The molecule has 0 saturated carbocycles. The molecule has 22 heavy (non-hydrogen) atoms. The van der Waals surface area contributed by atoms with Crippen molar-refractivity contribution >= 4 is 21.8 Å². The summed E-state index contributed by atoms with van der Waals surface area (Å²) in [4.78, 5) is 11.6. The van der Waals surface area contributed by atoms with Gasteiger partial charge in [-0.3, -0.25) is 4.79 Å². The van der Waals surface area contributed by atoms with Crippen molar-refractivity contribution in [1.29, 1.82) is 0 Å². The van der Waals surface area contributed by atoms with Crippen LogP contribution in [0.2, 0.25) is 0 Å². The van der Waals surface area contributed by atoms with Crippen LogP contribution in [0, 0.1) is 12.7 Å². The molecule has 0 saturated heterocycles. The summed E-state index contributed by atoms with van der Waals surface area (Å²) in [7, 11) is 1.60. The van der Waals surface area contributed by atoms with Gasteiger partial charge < -0.3 is 10.1 Å². The summed E-state index contributed by atoms with van der Waals surface area (Å²) in [6.07, 6.45) is 0.255. The number of hydrogen-bond acceptors (Lipinski definition) is 2. The standard InChI is InChI=1S/C17H17BrFNO2/c1-11-6-7-16(15(19)8-11)22-10-13-12(9-17(21)20-2)4-3-5-14(13)18/h3-8H,9-10H2,1-2H3,(H,20,21). The van der Waals surface area contributed by atoms with Crippen molar-refractivity contribution in [3.8, 4) is 5.75 Å². The summed E-state index contributed by atoms with van der Waals surface area (Å²) >= 11 is 3.46. The van der Waals surface area contributed by atoms with Crippen LogP contribution in [0.1, 0.15) is 16.7 Å². The molecule has 0 atom stereocenters. The zero-order valence-corrected chi connectivity index (χ0v) is 14.0. The predicted octanol–water partition coefficient (Wildman–Crippen LogP) is 3.76. The number of aryl methyl sites for hydroxylation is 1. The van der Waals surface area contributed by atoms with E-state index in [0.29, 0.717) is 0 Å². The summed E-state index contributed by atoms with van der Waals surface area (Å²) in [6.45, 7) is 2.01. The van der Waals surface area contributed by atoms with Gasteiger partial charge in [0.1, 0.15) is 6.61 Å². The highest BCUT2D eigenvalue weighted by molar-refractivity contribution is 9.10. The van der Waals surface area contributed by atoms with Gasteiger partial charge in [-0.15, -0.1) is 0 Å². The third kappa shape index (κ3) is 4.07. The van der Waals surface area contributed by atoms with E-state index in [9.17, 15) is 9.18 Å². The lowest BCUT2D eigenvalue weighted by Crippen LogP contribution is -2.21. The van der Waals surface area contributed by atoms with Crippen molar-refractivity contribution in [2.45, 2.75) is 20.0 Å². The molecule has 0 heterocycles. The summed E-state index contributed by atoms with van der Waals surface area (Å²) < 4.78 is 20.2. The highest BCUT2D eigenvalue weighted by Crippen LogP contribution is 2.25. The van der Waals surface area contributed by atoms with Gasteiger partial charge in [0, 0.05) is 17.1 Å². The third-order valence-corrected chi connectivity index (χ3v) is 4.05. The number of amides is 1. The first-order valence-corrected chi connectivity index (χ1v) is 7.66. The molecule has 0 fully saturated rings. The van der Waals surface area contributed by atoms with Crippen LogP contribution in [0.4, 0.5) is 4.39 Å². The first-order valence-electron chi connectivity index (χ1n) is 6.87. The molecule has 0 aromatic heterocycles. The second-order valence-corrected chi connectivity index (χ2v) is 5.80. The van der Waals surface area contributed by atoms with Crippen molar-refractivity contribution in [3.05, 3.63) is 63.4 Å². The Bertz CT molecular complexity index is 688. The molecule has 5 heteroatoms. The normalized spacial score (nSPS) is 10.4. The summed E-state index contributed by atoms with van der Waals surface area (Å²) in [5.41, 5.74) is 2.53. The van der Waals surface area contributed by atoms with Crippen LogP contribution in [0.3, 0.4) is 0 Å². The molecule has 0 aliphatic carbocycles. The molecule has 3 nitrogen and oxygen atoms in total. The van der Waals surface area contributed by atoms with Crippen LogP contribution in [0.5, 0.6) is 5.75 Å². The lowest BCUT2D eigenvalue weighted by molar-refractivity contribution is -0.119. The molecule has 2 aromatic rings. The van der Waals surface area contributed by atoms with Crippen LogP contribution in [-0.2, 0) is 17.8 Å². The summed E-state index contributed by atoms with van der Waals surface area (Å²) in [6, 6.07) is 10.4. The second kappa shape index (κ2) is 7.40. The predicted molar refractivity (Wildman–Crippen MR) is 87.4 cm³/mol. The van der Waals surface area contributed by atoms with Gasteiger partial charge in [-0.05, 0) is 36.2 Å². The average Bonchev–Trinajstić information content (AvgIpc) is 2.48. The van der Waals surface area contributed by atoms with E-state index in [1.165, 1.54) is 6.07 Å². The topological polar surface area (TPSA) is 38.3 Å². The minimum absolute atomic E-state index is 0.0825. The number of hydrogen-bond donors (Lipinski definition) is 1. The van der Waals surface area contributed by atoms with Crippen LogP contribution < -0.4 is 10.1 Å². The molecule has 0 spiro atoms. The van der Waals surface area contributed by atoms with Crippen LogP contribution in [-0.4, -0.2) is 13.0 Å². The van der Waals surface area contributed by atoms with Crippen LogP contribution in [0.15, 0.2) is 40.9 Å². The molecule has 2 aromatic carbocycles. The van der Waals surface area contributed by atoms with E-state index in [4.69, 9.17) is 4.74 Å². The van der Waals surface area contributed by atoms with Gasteiger partial charge in [-0.2, -0.15) is 0 Å². The van der Waals surface area contributed by atoms with Crippen molar-refractivity contribution in [2.24, 2.45) is 0 Å². The van der Waals surface area contributed by atoms with Crippen LogP contribution in [0.25, 0.3) is 0 Å². The number of carbonyl (C=O) groups excluding carboxylic acids is 1. The maximum absolute atomic E-state index is 13.8. The molecule has 0 unspecified atom stereocenters. The first kappa shape index (κ1) is 16.5. The molecule has 0 aliphatic heterocycles. The molecule has 116 valence electrons. The zero-order chi connectivity index (χ0) is 16.1. The molecular formula is C17H17BrFNO2. The maximum Gasteiger partial charge on any atom is 0.224 e. The Morgan fingerprint density at radius 1 is 1.32 bits per heavy atom. The second-order valence-electron chi connectivity index (χ2n) is 4.95. The fourth-order valence-corrected chi connectivity index (χ4v) is 2.59. The Balaban J connectivity index is 2.19. The largest absolute Gasteiger partial charge is 0.486 e. The van der Waals surface area contributed by atoms with Gasteiger partial charge in [-0.1, -0.05) is 34.1 Å². The molecule has 0 bridgehead atoms. The highest BCUT2D eigenvalue weighted by Gasteiger charge is 2.12. The Hall–Kier alpha value is -1.88. The number of benzene rings is 2. The van der Waals surface area contributed by atoms with Gasteiger partial charge in [0.05, 0.1) is 6.42 Å². The fourth-order valence-electron chi connectivity index (χ4n) is 2.06. The number of carbonyl (C=O) groups is 1. The van der Waals surface area contributed by atoms with E-state index < -0.39 is 0 Å². The lowest BCUT2D eigenvalue weighted by Gasteiger charge is -2.13. The van der Waals surface area contributed by atoms with E-state index in [0.717, 1.165) is 21.2 Å². The quantitative estimate of drug-likeness (QED) is 0.875. The Morgan fingerprint density at radius 3 is 2.77 bits per heavy atom. The number of ether oxygens (including phenoxy) is 1. The zero-order valence-electron chi connectivity index (χ0n) is 12.5. The minimum Gasteiger partial charge on any atom is -0.486 e. The van der Waals surface area contributed by atoms with Gasteiger partial charge >= 0.3 is 0 Å². The molecular weight excluding hydrogens is 349 g/mol. The fraction of sp³-hybridized carbons (Fsp3) is 0.235. The highest BCUT2D eigenvalue weighted by atomic mass is 79.9. The third-order valence-electron chi connectivity index (χ3n) is 3.31. The number of rotatable bonds is 5. The van der Waals surface area contributed by atoms with Gasteiger partial charge in [0.2, 0.25) is 5.91 Å². The lowest BCUT2D eigenvalue weighted by atomic mass is 10.0. The van der Waals surface area contributed by atoms with Crippen molar-refractivity contribution in [1.82, 2.24) is 5.32 Å². The van der Waals surface area contributed by atoms with Gasteiger partial charge in [-0.25, -0.2) is 4.39 Å². The summed E-state index contributed by atoms with van der Waals surface area (Å²) in [5, 5.41) is 2.59. The van der Waals surface area contributed by atoms with E-state index in [1.807, 2.05) is 25.1 Å². The Labute approximate surface area is 137 Å². The molecule has 0 aliphatic rings. The molecule has 0 radical (unpaired) electrons. The van der Waals surface area contributed by atoms with E-state index in [2.05, 4.69) is 21.2 Å². The first-order chi connectivity index (χ1) is 10.5. The van der Waals surface area contributed by atoms with Gasteiger partial charge in [0.25, 0.3) is 0 Å². The maximum atomic E-state index is 13.8. The molecule has 2 rings (SSSR count). The molecule has 1 N–H and O–H groups in total. The monoisotopic (exact) mass is 365 g/mol. The van der Waals surface area contributed by atoms with E-state index >= 15 is 0 Å². The van der Waals surface area contributed by atoms with Crippen LogP contribution >= 0.6 is 15.9 Å². The van der Waals surface area contributed by atoms with E-state index in [1.54, 1.807) is 19.2 Å². The average molecular weight is 366 g/mol. The van der Waals surface area contributed by atoms with E-state index in [-0.39, 0.29) is 30.5 Å². The van der Waals surface area contributed by atoms with Crippen molar-refractivity contribution in [3.63, 3.8) is 0 Å². The smallest absolute Gasteiger partial charge is 0.224 e. The Morgan fingerprint density at radius 2 is 2.09 bits per heavy atom. The minimum atomic E-state index is -0.389. The number of halogens is 2. The Kier molecular flexibility index (Phi) is 5.55. The van der Waals surface area contributed by atoms with Gasteiger partial charge in [0.15, 0.2) is 11.6 Å². The number of nitrogens with one attached hydrogen (secondary N) is 1. The number of likely N-dealkylation sites (N-methyl/N-ethyl adjacent to an activating group) is 1. The SMILES string of the molecule is CNC(=O)Cc1cccc(Br)c1COc1ccc(C)cc1F. The molecule has 1 amide bonds.